The first-order valence-corrected chi connectivity index (χ1v) is 6.07. The molecule has 0 bridgehead atoms. The minimum Gasteiger partial charge on any atom is -0.475 e. The van der Waals surface area contributed by atoms with Gasteiger partial charge in [0.05, 0.1) is 12.3 Å². The number of oxazole rings is 1. The normalized spacial score (nSPS) is 24.8. The summed E-state index contributed by atoms with van der Waals surface area (Å²) in [4.78, 5) is 15.5. The van der Waals surface area contributed by atoms with E-state index in [0.717, 1.165) is 32.3 Å². The van der Waals surface area contributed by atoms with Crippen LogP contribution in [-0.2, 0) is 4.74 Å². The average molecular weight is 237 g/mol. The third kappa shape index (κ3) is 2.07. The molecule has 0 spiro atoms. The van der Waals surface area contributed by atoms with E-state index in [4.69, 9.17) is 14.3 Å². The maximum absolute atomic E-state index is 11.1. The number of hydrogen-bond acceptors (Lipinski definition) is 4. The van der Waals surface area contributed by atoms with Gasteiger partial charge in [0.2, 0.25) is 5.76 Å². The van der Waals surface area contributed by atoms with E-state index in [9.17, 15) is 4.79 Å². The minimum atomic E-state index is -1.02. The summed E-state index contributed by atoms with van der Waals surface area (Å²) in [6.07, 6.45) is 3.99. The van der Waals surface area contributed by atoms with E-state index in [1.165, 1.54) is 0 Å². The van der Waals surface area contributed by atoms with Crippen molar-refractivity contribution >= 4 is 5.97 Å². The zero-order valence-corrected chi connectivity index (χ0v) is 9.52. The van der Waals surface area contributed by atoms with Crippen molar-refractivity contribution < 1.29 is 19.1 Å². The molecule has 17 heavy (non-hydrogen) atoms. The molecule has 0 radical (unpaired) electrons. The van der Waals surface area contributed by atoms with Gasteiger partial charge in [0.25, 0.3) is 0 Å². The van der Waals surface area contributed by atoms with Crippen LogP contribution in [0.4, 0.5) is 0 Å². The number of carboxylic acids is 1. The minimum absolute atomic E-state index is 0.0161. The summed E-state index contributed by atoms with van der Waals surface area (Å²) in [5.74, 6) is 0.00723. The molecule has 1 aromatic heterocycles. The van der Waals surface area contributed by atoms with Crippen LogP contribution in [0.25, 0.3) is 0 Å². The summed E-state index contributed by atoms with van der Waals surface area (Å²) < 4.78 is 10.8. The third-order valence-corrected chi connectivity index (χ3v) is 3.34. The molecule has 5 nitrogen and oxygen atoms in total. The van der Waals surface area contributed by atoms with Crippen molar-refractivity contribution in [3.8, 4) is 0 Å². The van der Waals surface area contributed by atoms with Crippen LogP contribution in [0.1, 0.15) is 59.7 Å². The summed E-state index contributed by atoms with van der Waals surface area (Å²) in [5, 5.41) is 9.14. The zero-order valence-electron chi connectivity index (χ0n) is 9.52. The molecule has 1 aliphatic carbocycles. The van der Waals surface area contributed by atoms with Gasteiger partial charge in [-0.3, -0.25) is 0 Å². The molecule has 0 aromatic carbocycles. The SMILES string of the molecule is O=C(O)c1oc(C2CC2)nc1C1CCCOC1. The van der Waals surface area contributed by atoms with Crippen molar-refractivity contribution in [2.24, 2.45) is 0 Å². The van der Waals surface area contributed by atoms with Gasteiger partial charge in [-0.2, -0.15) is 0 Å². The molecule has 92 valence electrons. The van der Waals surface area contributed by atoms with E-state index in [-0.39, 0.29) is 11.7 Å². The first-order chi connectivity index (χ1) is 8.25. The number of hydrogen-bond donors (Lipinski definition) is 1. The summed E-state index contributed by atoms with van der Waals surface area (Å²) >= 11 is 0. The molecule has 1 saturated heterocycles. The lowest BCUT2D eigenvalue weighted by atomic mass is 9.97. The Morgan fingerprint density at radius 1 is 1.29 bits per heavy atom. The lowest BCUT2D eigenvalue weighted by Gasteiger charge is -2.20. The van der Waals surface area contributed by atoms with Gasteiger partial charge in [-0.05, 0) is 25.7 Å². The molecule has 2 heterocycles. The summed E-state index contributed by atoms with van der Waals surface area (Å²) in [7, 11) is 0. The largest absolute Gasteiger partial charge is 0.475 e. The fraction of sp³-hybridized carbons (Fsp3) is 0.667. The molecule has 0 amide bonds. The molecule has 1 saturated carbocycles. The van der Waals surface area contributed by atoms with E-state index in [0.29, 0.717) is 24.1 Å². The van der Waals surface area contributed by atoms with Gasteiger partial charge in [0.1, 0.15) is 0 Å². The molecule has 1 N–H and O–H groups in total. The van der Waals surface area contributed by atoms with Crippen LogP contribution in [0.2, 0.25) is 0 Å². The Balaban J connectivity index is 1.91. The van der Waals surface area contributed by atoms with Gasteiger partial charge in [-0.1, -0.05) is 0 Å². The van der Waals surface area contributed by atoms with Gasteiger partial charge >= 0.3 is 5.97 Å². The van der Waals surface area contributed by atoms with Gasteiger partial charge in [0, 0.05) is 18.4 Å². The number of nitrogens with zero attached hydrogens (tertiary/aromatic N) is 1. The molecule has 1 atom stereocenters. The highest BCUT2D eigenvalue weighted by atomic mass is 16.5. The number of rotatable bonds is 3. The molecule has 5 heteroatoms. The summed E-state index contributed by atoms with van der Waals surface area (Å²) in [6, 6.07) is 0. The van der Waals surface area contributed by atoms with E-state index in [2.05, 4.69) is 4.98 Å². The van der Waals surface area contributed by atoms with Gasteiger partial charge in [0.15, 0.2) is 5.89 Å². The predicted octanol–water partition coefficient (Wildman–Crippen LogP) is 2.14. The fourth-order valence-corrected chi connectivity index (χ4v) is 2.24. The highest BCUT2D eigenvalue weighted by Gasteiger charge is 2.34. The van der Waals surface area contributed by atoms with Crippen molar-refractivity contribution in [3.05, 3.63) is 17.3 Å². The topological polar surface area (TPSA) is 72.6 Å². The zero-order chi connectivity index (χ0) is 11.8. The molecule has 1 aliphatic heterocycles. The number of ether oxygens (including phenoxy) is 1. The van der Waals surface area contributed by atoms with Crippen LogP contribution in [0.15, 0.2) is 4.42 Å². The first kappa shape index (κ1) is 10.8. The van der Waals surface area contributed by atoms with E-state index in [1.807, 2.05) is 0 Å². The first-order valence-electron chi connectivity index (χ1n) is 6.07. The fourth-order valence-electron chi connectivity index (χ4n) is 2.24. The van der Waals surface area contributed by atoms with Crippen molar-refractivity contribution in [2.45, 2.75) is 37.5 Å². The van der Waals surface area contributed by atoms with Crippen LogP contribution in [0.5, 0.6) is 0 Å². The Morgan fingerprint density at radius 3 is 2.71 bits per heavy atom. The Morgan fingerprint density at radius 2 is 2.12 bits per heavy atom. The maximum Gasteiger partial charge on any atom is 0.373 e. The number of carboxylic acid groups (broad SMARTS) is 1. The average Bonchev–Trinajstić information content (AvgIpc) is 3.09. The van der Waals surface area contributed by atoms with Crippen LogP contribution in [0, 0.1) is 0 Å². The van der Waals surface area contributed by atoms with Crippen molar-refractivity contribution in [2.75, 3.05) is 13.2 Å². The number of aromatic nitrogens is 1. The van der Waals surface area contributed by atoms with E-state index < -0.39 is 5.97 Å². The van der Waals surface area contributed by atoms with E-state index >= 15 is 0 Å². The van der Waals surface area contributed by atoms with Crippen LogP contribution < -0.4 is 0 Å². The number of aromatic carboxylic acids is 1. The molecule has 2 aliphatic rings. The predicted molar refractivity (Wildman–Crippen MR) is 58.2 cm³/mol. The van der Waals surface area contributed by atoms with Gasteiger partial charge in [-0.25, -0.2) is 9.78 Å². The Kier molecular flexibility index (Phi) is 2.63. The van der Waals surface area contributed by atoms with Gasteiger partial charge in [-0.15, -0.1) is 0 Å². The highest BCUT2D eigenvalue weighted by Crippen LogP contribution is 2.41. The third-order valence-electron chi connectivity index (χ3n) is 3.34. The second kappa shape index (κ2) is 4.14. The van der Waals surface area contributed by atoms with Crippen LogP contribution in [-0.4, -0.2) is 29.3 Å². The quantitative estimate of drug-likeness (QED) is 0.871. The molecule has 1 aromatic rings. The molecule has 3 rings (SSSR count). The van der Waals surface area contributed by atoms with Crippen molar-refractivity contribution in [1.82, 2.24) is 4.98 Å². The second-order valence-corrected chi connectivity index (χ2v) is 4.76. The van der Waals surface area contributed by atoms with Crippen molar-refractivity contribution in [1.29, 1.82) is 0 Å². The lowest BCUT2D eigenvalue weighted by molar-refractivity contribution is 0.0641. The number of carbonyl (C=O) groups is 1. The molecule has 2 fully saturated rings. The Hall–Kier alpha value is -1.36. The van der Waals surface area contributed by atoms with Crippen molar-refractivity contribution in [3.63, 3.8) is 0 Å². The lowest BCUT2D eigenvalue weighted by Crippen LogP contribution is -2.18. The highest BCUT2D eigenvalue weighted by molar-refractivity contribution is 5.85. The Bertz CT molecular complexity index is 430. The van der Waals surface area contributed by atoms with E-state index in [1.54, 1.807) is 0 Å². The molecular formula is C12H15NO4. The standard InChI is InChI=1S/C12H15NO4/c14-12(15)10-9(8-2-1-5-16-6-8)13-11(17-10)7-3-4-7/h7-8H,1-6H2,(H,14,15). The molecular weight excluding hydrogens is 222 g/mol. The summed E-state index contributed by atoms with van der Waals surface area (Å²) in [5.41, 5.74) is 0.583. The second-order valence-electron chi connectivity index (χ2n) is 4.76. The van der Waals surface area contributed by atoms with Crippen LogP contribution in [0.3, 0.4) is 0 Å². The smallest absolute Gasteiger partial charge is 0.373 e. The summed E-state index contributed by atoms with van der Waals surface area (Å²) in [6.45, 7) is 1.31. The maximum atomic E-state index is 11.1. The monoisotopic (exact) mass is 237 g/mol. The Labute approximate surface area is 98.8 Å². The van der Waals surface area contributed by atoms with Gasteiger partial charge < -0.3 is 14.3 Å². The molecule has 1 unspecified atom stereocenters. The van der Waals surface area contributed by atoms with Crippen LogP contribution >= 0.6 is 0 Å².